The molecule has 1 heterocycles. The smallest absolute Gasteiger partial charge is 0.261 e. The highest BCUT2D eigenvalue weighted by molar-refractivity contribution is 7.11. The van der Waals surface area contributed by atoms with Gasteiger partial charge in [0.1, 0.15) is 6.61 Å². The van der Waals surface area contributed by atoms with E-state index in [9.17, 15) is 8.78 Å². The van der Waals surface area contributed by atoms with Crippen LogP contribution < -0.4 is 5.32 Å². The molecular formula is C14H24F2N2OS. The topological polar surface area (TPSA) is 34.1 Å². The van der Waals surface area contributed by atoms with Crippen LogP contribution in [0.4, 0.5) is 8.78 Å². The summed E-state index contributed by atoms with van der Waals surface area (Å²) in [5, 5.41) is 4.37. The highest BCUT2D eigenvalue weighted by Gasteiger charge is 2.11. The van der Waals surface area contributed by atoms with E-state index in [1.54, 1.807) is 11.3 Å². The quantitative estimate of drug-likeness (QED) is 0.673. The molecule has 0 aliphatic carbocycles. The predicted octanol–water partition coefficient (Wildman–Crippen LogP) is 3.42. The molecule has 0 fully saturated rings. The van der Waals surface area contributed by atoms with Crippen molar-refractivity contribution in [3.63, 3.8) is 0 Å². The highest BCUT2D eigenvalue weighted by atomic mass is 32.1. The normalized spacial score (nSPS) is 11.8. The van der Waals surface area contributed by atoms with Crippen molar-refractivity contribution in [2.45, 2.75) is 59.0 Å². The van der Waals surface area contributed by atoms with E-state index in [1.807, 2.05) is 0 Å². The Kier molecular flexibility index (Phi) is 8.18. The third-order valence-electron chi connectivity index (χ3n) is 2.68. The van der Waals surface area contributed by atoms with Crippen molar-refractivity contribution in [3.05, 3.63) is 15.6 Å². The number of nitrogens with zero attached hydrogens (tertiary/aromatic N) is 1. The molecule has 0 aliphatic rings. The van der Waals surface area contributed by atoms with Crippen LogP contribution in [0.15, 0.2) is 0 Å². The van der Waals surface area contributed by atoms with Crippen LogP contribution in [0.5, 0.6) is 0 Å². The molecule has 0 radical (unpaired) electrons. The monoisotopic (exact) mass is 306 g/mol. The summed E-state index contributed by atoms with van der Waals surface area (Å²) in [7, 11) is 0. The van der Waals surface area contributed by atoms with E-state index in [-0.39, 0.29) is 0 Å². The molecule has 1 aromatic rings. The van der Waals surface area contributed by atoms with Crippen LogP contribution in [-0.2, 0) is 24.1 Å². The molecule has 0 spiro atoms. The van der Waals surface area contributed by atoms with Crippen LogP contribution in [-0.4, -0.2) is 30.7 Å². The molecule has 6 heteroatoms. The maximum atomic E-state index is 12.0. The van der Waals surface area contributed by atoms with Crippen LogP contribution in [0.1, 0.15) is 42.8 Å². The second-order valence-electron chi connectivity index (χ2n) is 4.98. The zero-order valence-corrected chi connectivity index (χ0v) is 13.2. The van der Waals surface area contributed by atoms with Gasteiger partial charge in [0, 0.05) is 23.9 Å². The molecule has 116 valence electrons. The molecule has 0 aromatic carbocycles. The van der Waals surface area contributed by atoms with E-state index < -0.39 is 13.0 Å². The van der Waals surface area contributed by atoms with Crippen molar-refractivity contribution < 1.29 is 13.5 Å². The number of ether oxygens (including phenoxy) is 1. The number of aromatic nitrogens is 1. The Morgan fingerprint density at radius 2 is 2.05 bits per heavy atom. The van der Waals surface area contributed by atoms with Crippen LogP contribution in [0, 0.1) is 0 Å². The lowest BCUT2D eigenvalue weighted by Gasteiger charge is -2.07. The molecule has 20 heavy (non-hydrogen) atoms. The minimum atomic E-state index is -2.40. The lowest BCUT2D eigenvalue weighted by Crippen LogP contribution is -2.21. The zero-order chi connectivity index (χ0) is 15.0. The summed E-state index contributed by atoms with van der Waals surface area (Å²) in [6.07, 6.45) is 0.228. The summed E-state index contributed by atoms with van der Waals surface area (Å²) >= 11 is 1.66. The summed E-state index contributed by atoms with van der Waals surface area (Å²) in [6, 6.07) is 0.435. The van der Waals surface area contributed by atoms with Crippen LogP contribution in [0.2, 0.25) is 0 Å². The highest BCUT2D eigenvalue weighted by Crippen LogP contribution is 2.21. The van der Waals surface area contributed by atoms with Crippen molar-refractivity contribution in [1.29, 1.82) is 0 Å². The summed E-state index contributed by atoms with van der Waals surface area (Å²) in [5.41, 5.74) is 1.13. The fraction of sp³-hybridized carbons (Fsp3) is 0.786. The van der Waals surface area contributed by atoms with E-state index in [0.717, 1.165) is 30.1 Å². The van der Waals surface area contributed by atoms with Gasteiger partial charge in [0.15, 0.2) is 0 Å². The Bertz CT molecular complexity index is 383. The first-order chi connectivity index (χ1) is 9.52. The minimum absolute atomic E-state index is 0.306. The van der Waals surface area contributed by atoms with Gasteiger partial charge >= 0.3 is 0 Å². The van der Waals surface area contributed by atoms with E-state index in [4.69, 9.17) is 4.74 Å². The number of aryl methyl sites for hydroxylation is 1. The number of hydrogen-bond donors (Lipinski definition) is 1. The number of nitrogens with one attached hydrogen (secondary N) is 1. The van der Waals surface area contributed by atoms with Gasteiger partial charge in [-0.2, -0.15) is 0 Å². The number of thiazole rings is 1. The molecular weight excluding hydrogens is 282 g/mol. The van der Waals surface area contributed by atoms with Gasteiger partial charge in [-0.15, -0.1) is 11.3 Å². The Morgan fingerprint density at radius 3 is 2.65 bits per heavy atom. The minimum Gasteiger partial charge on any atom is -0.375 e. The van der Waals surface area contributed by atoms with Crippen molar-refractivity contribution in [2.24, 2.45) is 0 Å². The standard InChI is InChI=1S/C14H24F2N2OS/c1-4-5-11-12(8-17-10(2)3)20-14(18-11)6-7-19-9-13(15)16/h10,13,17H,4-9H2,1-3H3. The zero-order valence-electron chi connectivity index (χ0n) is 12.4. The number of alkyl halides is 2. The fourth-order valence-corrected chi connectivity index (χ4v) is 2.79. The molecule has 0 amide bonds. The van der Waals surface area contributed by atoms with Crippen LogP contribution >= 0.6 is 11.3 Å². The molecule has 1 aromatic heterocycles. The molecule has 0 saturated carbocycles. The SMILES string of the molecule is CCCc1nc(CCOCC(F)F)sc1CNC(C)C. The van der Waals surface area contributed by atoms with E-state index in [2.05, 4.69) is 31.1 Å². The van der Waals surface area contributed by atoms with Gasteiger partial charge in [-0.1, -0.05) is 27.2 Å². The number of halogens is 2. The molecule has 0 atom stereocenters. The summed E-state index contributed by atoms with van der Waals surface area (Å²) in [4.78, 5) is 5.86. The van der Waals surface area contributed by atoms with Gasteiger partial charge in [0.2, 0.25) is 0 Å². The second kappa shape index (κ2) is 9.37. The molecule has 0 bridgehead atoms. The molecule has 0 unspecified atom stereocenters. The van der Waals surface area contributed by atoms with Gasteiger partial charge < -0.3 is 10.1 Å². The summed E-state index contributed by atoms with van der Waals surface area (Å²) in [6.45, 7) is 6.99. The lowest BCUT2D eigenvalue weighted by atomic mass is 10.2. The molecule has 0 aliphatic heterocycles. The first kappa shape index (κ1) is 17.5. The van der Waals surface area contributed by atoms with Gasteiger partial charge in [-0.3, -0.25) is 0 Å². The summed E-state index contributed by atoms with van der Waals surface area (Å²) < 4.78 is 28.8. The van der Waals surface area contributed by atoms with Crippen LogP contribution in [0.3, 0.4) is 0 Å². The maximum absolute atomic E-state index is 12.0. The average molecular weight is 306 g/mol. The van der Waals surface area contributed by atoms with E-state index >= 15 is 0 Å². The predicted molar refractivity (Wildman–Crippen MR) is 78.6 cm³/mol. The Labute approximate surface area is 123 Å². The van der Waals surface area contributed by atoms with Gasteiger partial charge in [0.25, 0.3) is 6.43 Å². The Hall–Kier alpha value is -0.590. The second-order valence-corrected chi connectivity index (χ2v) is 6.15. The molecule has 1 rings (SSSR count). The van der Waals surface area contributed by atoms with Gasteiger partial charge in [-0.25, -0.2) is 13.8 Å². The number of rotatable bonds is 10. The fourth-order valence-electron chi connectivity index (χ4n) is 1.74. The van der Waals surface area contributed by atoms with Crippen molar-refractivity contribution in [1.82, 2.24) is 10.3 Å². The lowest BCUT2D eigenvalue weighted by molar-refractivity contribution is 0.0187. The molecule has 0 saturated heterocycles. The molecule has 1 N–H and O–H groups in total. The Morgan fingerprint density at radius 1 is 1.30 bits per heavy atom. The maximum Gasteiger partial charge on any atom is 0.261 e. The van der Waals surface area contributed by atoms with Gasteiger partial charge in [-0.05, 0) is 6.42 Å². The van der Waals surface area contributed by atoms with E-state index in [1.165, 1.54) is 4.88 Å². The van der Waals surface area contributed by atoms with Crippen LogP contribution in [0.25, 0.3) is 0 Å². The third kappa shape index (κ3) is 6.72. The van der Waals surface area contributed by atoms with Gasteiger partial charge in [0.05, 0.1) is 17.3 Å². The largest absolute Gasteiger partial charge is 0.375 e. The van der Waals surface area contributed by atoms with Crippen molar-refractivity contribution >= 4 is 11.3 Å². The van der Waals surface area contributed by atoms with E-state index in [0.29, 0.717) is 19.1 Å². The average Bonchev–Trinajstić information content (AvgIpc) is 2.75. The first-order valence-electron chi connectivity index (χ1n) is 7.09. The van der Waals surface area contributed by atoms with Crippen molar-refractivity contribution in [3.8, 4) is 0 Å². The first-order valence-corrected chi connectivity index (χ1v) is 7.91. The number of hydrogen-bond acceptors (Lipinski definition) is 4. The molecule has 3 nitrogen and oxygen atoms in total. The Balaban J connectivity index is 2.51. The third-order valence-corrected chi connectivity index (χ3v) is 3.84. The van der Waals surface area contributed by atoms with Crippen molar-refractivity contribution in [2.75, 3.05) is 13.2 Å². The summed E-state index contributed by atoms with van der Waals surface area (Å²) in [5.74, 6) is 0.